The summed E-state index contributed by atoms with van der Waals surface area (Å²) in [4.78, 5) is 11.9. The van der Waals surface area contributed by atoms with E-state index in [9.17, 15) is 22.0 Å². The number of para-hydroxylation sites is 1. The van der Waals surface area contributed by atoms with Crippen molar-refractivity contribution in [2.45, 2.75) is 25.2 Å². The second-order valence-electron chi connectivity index (χ2n) is 6.57. The highest BCUT2D eigenvalue weighted by Crippen LogP contribution is 2.23. The summed E-state index contributed by atoms with van der Waals surface area (Å²) < 4.78 is 54.5. The van der Waals surface area contributed by atoms with Crippen LogP contribution in [0.3, 0.4) is 0 Å². The maximum atomic E-state index is 13.3. The van der Waals surface area contributed by atoms with E-state index in [4.69, 9.17) is 0 Å². The van der Waals surface area contributed by atoms with E-state index in [0.29, 0.717) is 17.4 Å². The fraction of sp³-hybridized carbons (Fsp3) is 0.200. The summed E-state index contributed by atoms with van der Waals surface area (Å²) in [5, 5.41) is 7.18. The highest BCUT2D eigenvalue weighted by Gasteiger charge is 2.18. The van der Waals surface area contributed by atoms with E-state index in [1.54, 1.807) is 11.6 Å². The van der Waals surface area contributed by atoms with Gasteiger partial charge in [-0.1, -0.05) is 18.2 Å². The van der Waals surface area contributed by atoms with Gasteiger partial charge in [0, 0.05) is 13.0 Å². The van der Waals surface area contributed by atoms with E-state index in [-0.39, 0.29) is 13.0 Å². The van der Waals surface area contributed by atoms with Gasteiger partial charge in [0.25, 0.3) is 0 Å². The lowest BCUT2D eigenvalue weighted by Gasteiger charge is -2.09. The molecule has 30 heavy (non-hydrogen) atoms. The van der Waals surface area contributed by atoms with E-state index in [2.05, 4.69) is 15.1 Å². The first-order chi connectivity index (χ1) is 14.2. The number of halogens is 2. The van der Waals surface area contributed by atoms with E-state index < -0.39 is 32.5 Å². The number of sulfonamides is 1. The third kappa shape index (κ3) is 4.71. The maximum absolute atomic E-state index is 13.3. The number of carbonyl (C=O) groups is 1. The fourth-order valence-electron chi connectivity index (χ4n) is 2.87. The SMILES string of the molecule is Cc1nn(-c2ccccc2)c(C)c1NC(=O)CCNS(=O)(=O)c1ccc(F)c(F)c1. The van der Waals surface area contributed by atoms with Gasteiger partial charge < -0.3 is 5.32 Å². The summed E-state index contributed by atoms with van der Waals surface area (Å²) in [6.07, 6.45) is -0.154. The van der Waals surface area contributed by atoms with Crippen molar-refractivity contribution in [2.24, 2.45) is 0 Å². The zero-order valence-electron chi connectivity index (χ0n) is 16.3. The van der Waals surface area contributed by atoms with Gasteiger partial charge in [-0.2, -0.15) is 5.10 Å². The Hall–Kier alpha value is -3.11. The van der Waals surface area contributed by atoms with E-state index in [1.807, 2.05) is 37.3 Å². The van der Waals surface area contributed by atoms with Crippen LogP contribution < -0.4 is 10.0 Å². The molecule has 0 saturated carbocycles. The third-order valence-electron chi connectivity index (χ3n) is 4.40. The molecule has 0 bridgehead atoms. The number of anilines is 1. The van der Waals surface area contributed by atoms with Crippen molar-refractivity contribution in [2.75, 3.05) is 11.9 Å². The van der Waals surface area contributed by atoms with Crippen LogP contribution in [0.4, 0.5) is 14.5 Å². The van der Waals surface area contributed by atoms with Crippen LogP contribution in [0.15, 0.2) is 53.4 Å². The van der Waals surface area contributed by atoms with Crippen molar-refractivity contribution in [1.29, 1.82) is 0 Å². The number of benzene rings is 2. The largest absolute Gasteiger partial charge is 0.323 e. The molecule has 0 spiro atoms. The van der Waals surface area contributed by atoms with Crippen molar-refractivity contribution in [1.82, 2.24) is 14.5 Å². The summed E-state index contributed by atoms with van der Waals surface area (Å²) in [6, 6.07) is 11.7. The number of nitrogens with zero attached hydrogens (tertiary/aromatic N) is 2. The molecule has 0 aliphatic carbocycles. The molecule has 0 aliphatic heterocycles. The molecule has 0 radical (unpaired) electrons. The van der Waals surface area contributed by atoms with Gasteiger partial charge in [0.15, 0.2) is 11.6 Å². The number of amides is 1. The van der Waals surface area contributed by atoms with E-state index >= 15 is 0 Å². The highest BCUT2D eigenvalue weighted by molar-refractivity contribution is 7.89. The lowest BCUT2D eigenvalue weighted by atomic mass is 10.2. The first-order valence-electron chi connectivity index (χ1n) is 9.05. The minimum atomic E-state index is -4.07. The molecule has 1 heterocycles. The van der Waals surface area contributed by atoms with Crippen LogP contribution >= 0.6 is 0 Å². The average Bonchev–Trinajstić information content (AvgIpc) is 2.98. The van der Waals surface area contributed by atoms with Crippen LogP contribution in [-0.2, 0) is 14.8 Å². The lowest BCUT2D eigenvalue weighted by Crippen LogP contribution is -2.28. The Balaban J connectivity index is 1.63. The van der Waals surface area contributed by atoms with Gasteiger partial charge in [-0.3, -0.25) is 4.79 Å². The van der Waals surface area contributed by atoms with Crippen LogP contribution in [-0.4, -0.2) is 30.7 Å². The van der Waals surface area contributed by atoms with Crippen molar-refractivity contribution >= 4 is 21.6 Å². The van der Waals surface area contributed by atoms with Gasteiger partial charge in [0.05, 0.1) is 27.7 Å². The van der Waals surface area contributed by atoms with Crippen LogP contribution in [0.25, 0.3) is 5.69 Å². The second kappa shape index (κ2) is 8.72. The van der Waals surface area contributed by atoms with E-state index in [1.165, 1.54) is 0 Å². The Morgan fingerprint density at radius 3 is 2.43 bits per heavy atom. The monoisotopic (exact) mass is 434 g/mol. The van der Waals surface area contributed by atoms with Crippen molar-refractivity contribution in [3.63, 3.8) is 0 Å². The molecule has 1 amide bonds. The predicted octanol–water partition coefficient (Wildman–Crippen LogP) is 3.07. The number of aryl methyl sites for hydroxylation is 1. The average molecular weight is 434 g/mol. The molecule has 158 valence electrons. The van der Waals surface area contributed by atoms with Gasteiger partial charge in [-0.15, -0.1) is 0 Å². The molecule has 2 N–H and O–H groups in total. The molecular weight excluding hydrogens is 414 g/mol. The molecule has 0 fully saturated rings. The smallest absolute Gasteiger partial charge is 0.240 e. The summed E-state index contributed by atoms with van der Waals surface area (Å²) in [5.74, 6) is -2.83. The zero-order valence-corrected chi connectivity index (χ0v) is 17.1. The molecule has 7 nitrogen and oxygen atoms in total. The van der Waals surface area contributed by atoms with Gasteiger partial charge in [0.2, 0.25) is 15.9 Å². The van der Waals surface area contributed by atoms with Crippen LogP contribution in [0.2, 0.25) is 0 Å². The van der Waals surface area contributed by atoms with Crippen LogP contribution in [0.5, 0.6) is 0 Å². The van der Waals surface area contributed by atoms with Gasteiger partial charge >= 0.3 is 0 Å². The molecule has 10 heteroatoms. The Labute approximate surface area is 172 Å². The summed E-state index contributed by atoms with van der Waals surface area (Å²) in [5.41, 5.74) is 2.74. The number of hydrogen-bond acceptors (Lipinski definition) is 4. The number of nitrogens with one attached hydrogen (secondary N) is 2. The molecule has 0 aliphatic rings. The summed E-state index contributed by atoms with van der Waals surface area (Å²) >= 11 is 0. The standard InChI is InChI=1S/C20H20F2N4O3S/c1-13-20(14(2)26(25-13)15-6-4-3-5-7-15)24-19(27)10-11-23-30(28,29)16-8-9-17(21)18(22)12-16/h3-9,12,23H,10-11H2,1-2H3,(H,24,27). The van der Waals surface area contributed by atoms with Crippen molar-refractivity contribution in [3.8, 4) is 5.69 Å². The van der Waals surface area contributed by atoms with Gasteiger partial charge in [-0.05, 0) is 44.2 Å². The quantitative estimate of drug-likeness (QED) is 0.598. The lowest BCUT2D eigenvalue weighted by molar-refractivity contribution is -0.116. The summed E-state index contributed by atoms with van der Waals surface area (Å²) in [6.45, 7) is 3.36. The molecule has 0 saturated heterocycles. The zero-order chi connectivity index (χ0) is 21.9. The topological polar surface area (TPSA) is 93.1 Å². The molecule has 3 rings (SSSR count). The first kappa shape index (κ1) is 21.6. The first-order valence-corrected chi connectivity index (χ1v) is 10.5. The maximum Gasteiger partial charge on any atom is 0.240 e. The Kier molecular flexibility index (Phi) is 6.28. The van der Waals surface area contributed by atoms with Gasteiger partial charge in [-0.25, -0.2) is 26.6 Å². The fourth-order valence-corrected chi connectivity index (χ4v) is 3.92. The minimum Gasteiger partial charge on any atom is -0.323 e. The molecule has 1 aromatic heterocycles. The summed E-state index contributed by atoms with van der Waals surface area (Å²) in [7, 11) is -4.07. The molecule has 2 aromatic carbocycles. The van der Waals surface area contributed by atoms with Crippen molar-refractivity contribution < 1.29 is 22.0 Å². The van der Waals surface area contributed by atoms with Crippen molar-refractivity contribution in [3.05, 3.63) is 71.6 Å². The van der Waals surface area contributed by atoms with E-state index in [0.717, 1.165) is 23.5 Å². The Morgan fingerprint density at radius 1 is 1.07 bits per heavy atom. The van der Waals surface area contributed by atoms with Gasteiger partial charge in [0.1, 0.15) is 0 Å². The number of aromatic nitrogens is 2. The normalized spacial score (nSPS) is 11.5. The second-order valence-corrected chi connectivity index (χ2v) is 8.33. The van der Waals surface area contributed by atoms with Crippen LogP contribution in [0.1, 0.15) is 17.8 Å². The minimum absolute atomic E-state index is 0.154. The number of hydrogen-bond donors (Lipinski definition) is 2. The Morgan fingerprint density at radius 2 is 1.77 bits per heavy atom. The molecule has 0 unspecified atom stereocenters. The molecule has 3 aromatic rings. The highest BCUT2D eigenvalue weighted by atomic mass is 32.2. The molecular formula is C20H20F2N4O3S. The third-order valence-corrected chi connectivity index (χ3v) is 5.86. The Bertz CT molecular complexity index is 1180. The number of rotatable bonds is 7. The van der Waals surface area contributed by atoms with Crippen LogP contribution in [0, 0.1) is 25.5 Å². The predicted molar refractivity (Wildman–Crippen MR) is 108 cm³/mol. The molecule has 0 atom stereocenters. The number of carbonyl (C=O) groups excluding carboxylic acids is 1.